The number of rotatable bonds is 2. The number of hydrogen-bond acceptors (Lipinski definition) is 3. The fraction of sp³-hybridized carbons (Fsp3) is 0.818. The first kappa shape index (κ1) is 12.2. The first-order valence-electron chi connectivity index (χ1n) is 6.03. The second-order valence-electron chi connectivity index (χ2n) is 4.59. The van der Waals surface area contributed by atoms with E-state index in [1.165, 1.54) is 0 Å². The highest BCUT2D eigenvalue weighted by molar-refractivity contribution is 5.75. The zero-order valence-electron chi connectivity index (χ0n) is 9.72. The van der Waals surface area contributed by atoms with Gasteiger partial charge in [0.15, 0.2) is 0 Å². The fourth-order valence-electron chi connectivity index (χ4n) is 2.37. The quantitative estimate of drug-likeness (QED) is 0.729. The number of carboxylic acid groups (broad SMARTS) is 1. The van der Waals surface area contributed by atoms with E-state index in [9.17, 15) is 9.59 Å². The predicted octanol–water partition coefficient (Wildman–Crippen LogP) is 0.281. The molecule has 2 amide bonds. The minimum absolute atomic E-state index is 0.00597. The van der Waals surface area contributed by atoms with E-state index in [4.69, 9.17) is 9.84 Å². The molecule has 6 nitrogen and oxygen atoms in total. The molecule has 2 aliphatic rings. The molecule has 1 aliphatic heterocycles. The molecular formula is C11H18N2O4. The standard InChI is InChI=1S/C11H18N2O4/c14-10(15)8-1-2-9(7-8)12-11(16)13-3-5-17-6-4-13/h8-9H,1-7H2,(H,12,16)(H,14,15). The smallest absolute Gasteiger partial charge is 0.317 e. The maximum Gasteiger partial charge on any atom is 0.317 e. The van der Waals surface area contributed by atoms with E-state index >= 15 is 0 Å². The van der Waals surface area contributed by atoms with Crippen molar-refractivity contribution < 1.29 is 19.4 Å². The van der Waals surface area contributed by atoms with Gasteiger partial charge in [0, 0.05) is 19.1 Å². The fourth-order valence-corrected chi connectivity index (χ4v) is 2.37. The normalized spacial score (nSPS) is 29.1. The molecule has 2 rings (SSSR count). The molecule has 2 fully saturated rings. The molecule has 17 heavy (non-hydrogen) atoms. The van der Waals surface area contributed by atoms with Crippen molar-refractivity contribution in [2.75, 3.05) is 26.3 Å². The molecular weight excluding hydrogens is 224 g/mol. The van der Waals surface area contributed by atoms with Gasteiger partial charge >= 0.3 is 12.0 Å². The lowest BCUT2D eigenvalue weighted by molar-refractivity contribution is -0.141. The Hall–Kier alpha value is -1.30. The highest BCUT2D eigenvalue weighted by Gasteiger charge is 2.31. The van der Waals surface area contributed by atoms with Crippen molar-refractivity contribution in [1.29, 1.82) is 0 Å². The van der Waals surface area contributed by atoms with Crippen molar-refractivity contribution in [1.82, 2.24) is 10.2 Å². The Kier molecular flexibility index (Phi) is 3.83. The van der Waals surface area contributed by atoms with E-state index in [1.54, 1.807) is 4.90 Å². The van der Waals surface area contributed by atoms with Gasteiger partial charge in [-0.25, -0.2) is 4.79 Å². The van der Waals surface area contributed by atoms with Crippen LogP contribution in [0.5, 0.6) is 0 Å². The predicted molar refractivity (Wildman–Crippen MR) is 59.7 cm³/mol. The molecule has 1 heterocycles. The van der Waals surface area contributed by atoms with Crippen molar-refractivity contribution in [3.8, 4) is 0 Å². The van der Waals surface area contributed by atoms with E-state index in [0.717, 1.165) is 6.42 Å². The number of carboxylic acids is 1. The number of urea groups is 1. The van der Waals surface area contributed by atoms with Crippen LogP contribution in [-0.2, 0) is 9.53 Å². The summed E-state index contributed by atoms with van der Waals surface area (Å²) in [6.07, 6.45) is 1.96. The highest BCUT2D eigenvalue weighted by Crippen LogP contribution is 2.25. The van der Waals surface area contributed by atoms with E-state index in [2.05, 4.69) is 5.32 Å². The van der Waals surface area contributed by atoms with E-state index < -0.39 is 5.97 Å². The van der Waals surface area contributed by atoms with Crippen LogP contribution in [0.25, 0.3) is 0 Å². The molecule has 1 saturated heterocycles. The van der Waals surface area contributed by atoms with Gasteiger partial charge in [-0.15, -0.1) is 0 Å². The molecule has 6 heteroatoms. The molecule has 1 saturated carbocycles. The van der Waals surface area contributed by atoms with E-state index in [1.807, 2.05) is 0 Å². The topological polar surface area (TPSA) is 78.9 Å². The van der Waals surface area contributed by atoms with Gasteiger partial charge in [-0.05, 0) is 19.3 Å². The number of morpholine rings is 1. The lowest BCUT2D eigenvalue weighted by Crippen LogP contribution is -2.48. The molecule has 0 aromatic carbocycles. The van der Waals surface area contributed by atoms with Crippen LogP contribution in [-0.4, -0.2) is 54.4 Å². The molecule has 2 unspecified atom stereocenters. The second kappa shape index (κ2) is 5.35. The number of nitrogens with zero attached hydrogens (tertiary/aromatic N) is 1. The zero-order valence-corrected chi connectivity index (χ0v) is 9.72. The number of carbonyl (C=O) groups excluding carboxylic acids is 1. The summed E-state index contributed by atoms with van der Waals surface area (Å²) < 4.78 is 5.17. The summed E-state index contributed by atoms with van der Waals surface area (Å²) in [5.74, 6) is -1.06. The molecule has 0 spiro atoms. The first-order chi connectivity index (χ1) is 8.16. The minimum atomic E-state index is -0.756. The van der Waals surface area contributed by atoms with Crippen LogP contribution in [0.2, 0.25) is 0 Å². The Morgan fingerprint density at radius 3 is 2.53 bits per heavy atom. The van der Waals surface area contributed by atoms with Crippen molar-refractivity contribution in [3.05, 3.63) is 0 Å². The molecule has 96 valence electrons. The Balaban J connectivity index is 1.77. The summed E-state index contributed by atoms with van der Waals surface area (Å²) in [7, 11) is 0. The third kappa shape index (κ3) is 3.09. The number of aliphatic carboxylic acids is 1. The van der Waals surface area contributed by atoms with Crippen molar-refractivity contribution in [2.24, 2.45) is 5.92 Å². The zero-order chi connectivity index (χ0) is 12.3. The maximum atomic E-state index is 11.8. The number of hydrogen-bond donors (Lipinski definition) is 2. The van der Waals surface area contributed by atoms with Gasteiger partial charge in [-0.1, -0.05) is 0 Å². The second-order valence-corrected chi connectivity index (χ2v) is 4.59. The molecule has 0 radical (unpaired) electrons. The number of nitrogens with one attached hydrogen (secondary N) is 1. The largest absolute Gasteiger partial charge is 0.481 e. The van der Waals surface area contributed by atoms with Crippen molar-refractivity contribution in [2.45, 2.75) is 25.3 Å². The van der Waals surface area contributed by atoms with Gasteiger partial charge in [0.2, 0.25) is 0 Å². The van der Waals surface area contributed by atoms with Crippen LogP contribution in [0.3, 0.4) is 0 Å². The summed E-state index contributed by atoms with van der Waals surface area (Å²) in [5.41, 5.74) is 0. The third-order valence-electron chi connectivity index (χ3n) is 3.41. The molecule has 0 aromatic heterocycles. The van der Waals surface area contributed by atoms with E-state index in [0.29, 0.717) is 39.1 Å². The van der Waals surface area contributed by atoms with Gasteiger partial charge in [-0.2, -0.15) is 0 Å². The van der Waals surface area contributed by atoms with E-state index in [-0.39, 0.29) is 18.0 Å². The summed E-state index contributed by atoms with van der Waals surface area (Å²) in [6, 6.07) is -0.0872. The highest BCUT2D eigenvalue weighted by atomic mass is 16.5. The monoisotopic (exact) mass is 242 g/mol. The first-order valence-corrected chi connectivity index (χ1v) is 6.03. The van der Waals surface area contributed by atoms with Crippen molar-refractivity contribution in [3.63, 3.8) is 0 Å². The van der Waals surface area contributed by atoms with Crippen LogP contribution < -0.4 is 5.32 Å². The average Bonchev–Trinajstić information content (AvgIpc) is 2.79. The third-order valence-corrected chi connectivity index (χ3v) is 3.41. The van der Waals surface area contributed by atoms with Gasteiger partial charge < -0.3 is 20.1 Å². The van der Waals surface area contributed by atoms with Crippen LogP contribution >= 0.6 is 0 Å². The number of carbonyl (C=O) groups is 2. The maximum absolute atomic E-state index is 11.8. The Morgan fingerprint density at radius 2 is 1.94 bits per heavy atom. The van der Waals surface area contributed by atoms with Crippen LogP contribution in [0.15, 0.2) is 0 Å². The molecule has 0 aromatic rings. The summed E-state index contributed by atoms with van der Waals surface area (Å²) >= 11 is 0. The SMILES string of the molecule is O=C(O)C1CCC(NC(=O)N2CCOCC2)C1. The Labute approximate surface area is 99.9 Å². The average molecular weight is 242 g/mol. The molecule has 0 bridgehead atoms. The lowest BCUT2D eigenvalue weighted by Gasteiger charge is -2.28. The van der Waals surface area contributed by atoms with Gasteiger partial charge in [0.1, 0.15) is 0 Å². The number of amides is 2. The Morgan fingerprint density at radius 1 is 1.24 bits per heavy atom. The summed E-state index contributed by atoms with van der Waals surface area (Å²) in [5, 5.41) is 11.8. The number of ether oxygens (including phenoxy) is 1. The Bertz CT molecular complexity index is 302. The van der Waals surface area contributed by atoms with Gasteiger partial charge in [-0.3, -0.25) is 4.79 Å². The minimum Gasteiger partial charge on any atom is -0.481 e. The van der Waals surface area contributed by atoms with Crippen LogP contribution in [0.4, 0.5) is 4.79 Å². The van der Waals surface area contributed by atoms with Gasteiger partial charge in [0.05, 0.1) is 19.1 Å². The lowest BCUT2D eigenvalue weighted by atomic mass is 10.1. The van der Waals surface area contributed by atoms with Gasteiger partial charge in [0.25, 0.3) is 0 Å². The summed E-state index contributed by atoms with van der Waals surface area (Å²) in [4.78, 5) is 24.4. The van der Waals surface area contributed by atoms with Crippen LogP contribution in [0.1, 0.15) is 19.3 Å². The molecule has 1 aliphatic carbocycles. The molecule has 2 N–H and O–H groups in total. The van der Waals surface area contributed by atoms with Crippen molar-refractivity contribution >= 4 is 12.0 Å². The summed E-state index contributed by atoms with van der Waals surface area (Å²) in [6.45, 7) is 2.38. The molecule has 2 atom stereocenters. The van der Waals surface area contributed by atoms with Crippen LogP contribution in [0, 0.1) is 5.92 Å².